The molecule has 1 atom stereocenters. The lowest BCUT2D eigenvalue weighted by molar-refractivity contribution is -0.137. The molecule has 0 aliphatic carbocycles. The number of hydrogen-bond acceptors (Lipinski definition) is 3. The SMILES string of the molecule is CCC(C)N=C(NC(=O)c1ccc(C(F)(F)F)cc1)Nc1cc(-c2cc(F)cc(F)c2)[nH]n1. The van der Waals surface area contributed by atoms with Gasteiger partial charge in [0.2, 0.25) is 5.96 Å². The van der Waals surface area contributed by atoms with Crippen molar-refractivity contribution in [3.8, 4) is 11.3 Å². The third-order valence-corrected chi connectivity index (χ3v) is 4.64. The number of H-pyrrole nitrogens is 1. The van der Waals surface area contributed by atoms with Crippen LogP contribution in [0.1, 0.15) is 36.2 Å². The number of benzene rings is 2. The molecule has 1 aromatic heterocycles. The Balaban J connectivity index is 1.79. The summed E-state index contributed by atoms with van der Waals surface area (Å²) >= 11 is 0. The van der Waals surface area contributed by atoms with Gasteiger partial charge in [0.25, 0.3) is 5.91 Å². The summed E-state index contributed by atoms with van der Waals surface area (Å²) in [7, 11) is 0. The van der Waals surface area contributed by atoms with Crippen molar-refractivity contribution in [2.45, 2.75) is 32.5 Å². The molecule has 0 fully saturated rings. The van der Waals surface area contributed by atoms with Crippen molar-refractivity contribution in [1.82, 2.24) is 15.5 Å². The van der Waals surface area contributed by atoms with Crippen LogP contribution in [0.3, 0.4) is 0 Å². The van der Waals surface area contributed by atoms with Crippen LogP contribution in [0, 0.1) is 11.6 Å². The van der Waals surface area contributed by atoms with Gasteiger partial charge in [0.05, 0.1) is 17.3 Å². The van der Waals surface area contributed by atoms with Gasteiger partial charge in [0, 0.05) is 23.3 Å². The van der Waals surface area contributed by atoms with Gasteiger partial charge in [-0.2, -0.15) is 18.3 Å². The van der Waals surface area contributed by atoms with E-state index in [1.807, 2.05) is 6.92 Å². The Labute approximate surface area is 185 Å². The number of anilines is 1. The number of aliphatic imine (C=N–C) groups is 1. The van der Waals surface area contributed by atoms with Gasteiger partial charge in [-0.05, 0) is 49.7 Å². The number of alkyl halides is 3. The number of guanidine groups is 1. The molecule has 3 aromatic rings. The number of halogens is 5. The van der Waals surface area contributed by atoms with Crippen molar-refractivity contribution < 1.29 is 26.7 Å². The third-order valence-electron chi connectivity index (χ3n) is 4.64. The Morgan fingerprint density at radius 1 is 1.09 bits per heavy atom. The molecule has 0 radical (unpaired) electrons. The van der Waals surface area contributed by atoms with Crippen LogP contribution in [-0.4, -0.2) is 28.1 Å². The number of aromatic amines is 1. The second-order valence-electron chi connectivity index (χ2n) is 7.21. The normalized spacial score (nSPS) is 13.0. The van der Waals surface area contributed by atoms with Crippen molar-refractivity contribution in [2.75, 3.05) is 5.32 Å². The second-order valence-corrected chi connectivity index (χ2v) is 7.21. The quantitative estimate of drug-likeness (QED) is 0.269. The molecule has 1 unspecified atom stereocenters. The van der Waals surface area contributed by atoms with Crippen LogP contribution in [0.2, 0.25) is 0 Å². The summed E-state index contributed by atoms with van der Waals surface area (Å²) in [6.07, 6.45) is -3.86. The number of carbonyl (C=O) groups is 1. The summed E-state index contributed by atoms with van der Waals surface area (Å²) in [6, 6.07) is 8.00. The minimum absolute atomic E-state index is 0.000366. The maximum absolute atomic E-state index is 13.5. The highest BCUT2D eigenvalue weighted by molar-refractivity contribution is 6.09. The van der Waals surface area contributed by atoms with Crippen LogP contribution in [0.4, 0.5) is 27.8 Å². The van der Waals surface area contributed by atoms with E-state index in [-0.39, 0.29) is 28.9 Å². The van der Waals surface area contributed by atoms with Crippen LogP contribution in [-0.2, 0) is 6.18 Å². The first-order valence-electron chi connectivity index (χ1n) is 9.90. The largest absolute Gasteiger partial charge is 0.416 e. The molecule has 0 saturated heterocycles. The van der Waals surface area contributed by atoms with Gasteiger partial charge in [-0.25, -0.2) is 13.8 Å². The summed E-state index contributed by atoms with van der Waals surface area (Å²) in [4.78, 5) is 16.9. The number of nitrogens with zero attached hydrogens (tertiary/aromatic N) is 2. The fourth-order valence-corrected chi connectivity index (χ4v) is 2.76. The summed E-state index contributed by atoms with van der Waals surface area (Å²) in [5.74, 6) is -1.97. The smallest absolute Gasteiger partial charge is 0.309 e. The number of amides is 1. The van der Waals surface area contributed by atoms with E-state index in [9.17, 15) is 26.7 Å². The molecule has 33 heavy (non-hydrogen) atoms. The number of carbonyl (C=O) groups excluding carboxylic acids is 1. The number of rotatable bonds is 5. The van der Waals surface area contributed by atoms with E-state index in [0.29, 0.717) is 12.1 Å². The van der Waals surface area contributed by atoms with Gasteiger partial charge < -0.3 is 5.32 Å². The van der Waals surface area contributed by atoms with E-state index < -0.39 is 29.3 Å². The van der Waals surface area contributed by atoms with Gasteiger partial charge in [-0.15, -0.1) is 0 Å². The van der Waals surface area contributed by atoms with Crippen molar-refractivity contribution >= 4 is 17.7 Å². The molecular formula is C22H20F5N5O. The fraction of sp³-hybridized carbons (Fsp3) is 0.227. The zero-order valence-electron chi connectivity index (χ0n) is 17.6. The lowest BCUT2D eigenvalue weighted by Gasteiger charge is -2.13. The van der Waals surface area contributed by atoms with Gasteiger partial charge >= 0.3 is 6.18 Å². The first kappa shape index (κ1) is 23.9. The Morgan fingerprint density at radius 3 is 2.30 bits per heavy atom. The van der Waals surface area contributed by atoms with Crippen LogP contribution in [0.25, 0.3) is 11.3 Å². The topological polar surface area (TPSA) is 82.2 Å². The van der Waals surface area contributed by atoms with E-state index in [2.05, 4.69) is 25.8 Å². The molecule has 0 bridgehead atoms. The first-order valence-corrected chi connectivity index (χ1v) is 9.90. The van der Waals surface area contributed by atoms with Crippen molar-refractivity contribution in [2.24, 2.45) is 4.99 Å². The standard InChI is InChI=1S/C22H20F5N5O/c1-3-12(2)28-21(30-20(33)13-4-6-15(7-5-13)22(25,26)27)29-19-11-18(31-32-19)14-8-16(23)10-17(24)9-14/h4-12H,3H2,1-2H3,(H3,28,29,30,31,32,33). The van der Waals surface area contributed by atoms with E-state index in [1.165, 1.54) is 6.07 Å². The lowest BCUT2D eigenvalue weighted by atomic mass is 10.1. The average Bonchev–Trinajstić information content (AvgIpc) is 3.21. The zero-order valence-corrected chi connectivity index (χ0v) is 17.6. The molecule has 0 aliphatic rings. The first-order chi connectivity index (χ1) is 15.5. The van der Waals surface area contributed by atoms with E-state index in [0.717, 1.165) is 42.5 Å². The predicted octanol–water partition coefficient (Wildman–Crippen LogP) is 5.37. The molecule has 2 aromatic carbocycles. The highest BCUT2D eigenvalue weighted by Gasteiger charge is 2.30. The third kappa shape index (κ3) is 6.37. The minimum Gasteiger partial charge on any atom is -0.309 e. The average molecular weight is 465 g/mol. The molecule has 6 nitrogen and oxygen atoms in total. The van der Waals surface area contributed by atoms with Gasteiger partial charge in [0.15, 0.2) is 5.82 Å². The van der Waals surface area contributed by atoms with Gasteiger partial charge in [0.1, 0.15) is 11.6 Å². The van der Waals surface area contributed by atoms with E-state index in [4.69, 9.17) is 0 Å². The predicted molar refractivity (Wildman–Crippen MR) is 114 cm³/mol. The van der Waals surface area contributed by atoms with E-state index >= 15 is 0 Å². The Morgan fingerprint density at radius 2 is 1.73 bits per heavy atom. The zero-order chi connectivity index (χ0) is 24.2. The van der Waals surface area contributed by atoms with Crippen LogP contribution < -0.4 is 10.6 Å². The van der Waals surface area contributed by atoms with Gasteiger partial charge in [-0.1, -0.05) is 6.92 Å². The van der Waals surface area contributed by atoms with Crippen LogP contribution in [0.15, 0.2) is 53.5 Å². The molecule has 0 aliphatic heterocycles. The molecule has 1 amide bonds. The monoisotopic (exact) mass is 465 g/mol. The summed E-state index contributed by atoms with van der Waals surface area (Å²) in [5.41, 5.74) is -0.335. The second kappa shape index (κ2) is 9.80. The summed E-state index contributed by atoms with van der Waals surface area (Å²) in [6.45, 7) is 3.69. The highest BCUT2D eigenvalue weighted by atomic mass is 19.4. The Bertz CT molecular complexity index is 1130. The molecule has 1 heterocycles. The van der Waals surface area contributed by atoms with Crippen molar-refractivity contribution in [3.63, 3.8) is 0 Å². The Hall–Kier alpha value is -3.76. The lowest BCUT2D eigenvalue weighted by Crippen LogP contribution is -2.37. The van der Waals surface area contributed by atoms with E-state index in [1.54, 1.807) is 6.92 Å². The maximum Gasteiger partial charge on any atom is 0.416 e. The van der Waals surface area contributed by atoms with Crippen LogP contribution >= 0.6 is 0 Å². The number of hydrogen-bond donors (Lipinski definition) is 3. The number of nitrogens with one attached hydrogen (secondary N) is 3. The molecule has 0 saturated carbocycles. The molecular weight excluding hydrogens is 445 g/mol. The molecule has 3 rings (SSSR count). The maximum atomic E-state index is 13.5. The Kier molecular flexibility index (Phi) is 7.10. The molecule has 0 spiro atoms. The van der Waals surface area contributed by atoms with Crippen molar-refractivity contribution in [1.29, 1.82) is 0 Å². The number of aromatic nitrogens is 2. The van der Waals surface area contributed by atoms with Crippen LogP contribution in [0.5, 0.6) is 0 Å². The van der Waals surface area contributed by atoms with Crippen molar-refractivity contribution in [3.05, 3.63) is 71.3 Å². The fourth-order valence-electron chi connectivity index (χ4n) is 2.76. The summed E-state index contributed by atoms with van der Waals surface area (Å²) in [5, 5.41) is 12.0. The molecule has 174 valence electrons. The minimum atomic E-state index is -4.51. The van der Waals surface area contributed by atoms with Gasteiger partial charge in [-0.3, -0.25) is 15.2 Å². The molecule has 3 N–H and O–H groups in total. The highest BCUT2D eigenvalue weighted by Crippen LogP contribution is 2.29. The summed E-state index contributed by atoms with van der Waals surface area (Å²) < 4.78 is 65.2. The molecule has 11 heteroatoms.